The number of ether oxygens (including phenoxy) is 2. The molecule has 46 heavy (non-hydrogen) atoms. The number of primary amides is 1. The molecule has 0 bridgehead atoms. The topological polar surface area (TPSA) is 194 Å². The molecule has 11 nitrogen and oxygen atoms in total. The van der Waals surface area contributed by atoms with Gasteiger partial charge >= 0.3 is 18.0 Å². The van der Waals surface area contributed by atoms with Crippen molar-refractivity contribution in [1.29, 1.82) is 0 Å². The maximum atomic E-state index is 12.5. The van der Waals surface area contributed by atoms with Gasteiger partial charge in [-0.05, 0) is 38.3 Å². The molecule has 0 spiro atoms. The zero-order valence-corrected chi connectivity index (χ0v) is 27.7. The zero-order valence-electron chi connectivity index (χ0n) is 26.2. The van der Waals surface area contributed by atoms with Gasteiger partial charge < -0.3 is 35.6 Å². The molecule has 0 aliphatic heterocycles. The Balaban J connectivity index is 2.58. The van der Waals surface area contributed by atoms with E-state index in [1.54, 1.807) is 49.5 Å². The highest BCUT2D eigenvalue weighted by atomic mass is 35.5. The number of amides is 1. The van der Waals surface area contributed by atoms with Gasteiger partial charge in [0.1, 0.15) is 23.4 Å². The van der Waals surface area contributed by atoms with Crippen molar-refractivity contribution in [3.63, 3.8) is 0 Å². The number of alkyl halides is 1. The lowest BCUT2D eigenvalue weighted by atomic mass is 9.85. The Morgan fingerprint density at radius 3 is 2.26 bits per heavy atom. The third-order valence-electron chi connectivity index (χ3n) is 7.18. The summed E-state index contributed by atoms with van der Waals surface area (Å²) < 4.78 is 10.1. The van der Waals surface area contributed by atoms with Crippen LogP contribution in [-0.2, 0) is 23.9 Å². The molecule has 0 aromatic carbocycles. The fourth-order valence-electron chi connectivity index (χ4n) is 4.41. The minimum Gasteiger partial charge on any atom is -0.481 e. The normalized spacial score (nSPS) is 23.0. The van der Waals surface area contributed by atoms with Gasteiger partial charge in [-0.25, -0.2) is 9.59 Å². The van der Waals surface area contributed by atoms with Crippen LogP contribution in [0.15, 0.2) is 71.4 Å². The van der Waals surface area contributed by atoms with E-state index in [0.717, 1.165) is 5.57 Å². The van der Waals surface area contributed by atoms with Crippen molar-refractivity contribution < 1.29 is 49.1 Å². The van der Waals surface area contributed by atoms with E-state index < -0.39 is 71.5 Å². The van der Waals surface area contributed by atoms with Crippen LogP contribution in [0.2, 0.25) is 0 Å². The number of carboxylic acid groups (broad SMARTS) is 1. The number of carbonyl (C=O) groups is 4. The SMILES string of the molecule is CC/C=C/[C@@H](OC(N)=O)[C@@H](Cl)[C@H](O)CC(=O)C[C@H](O)[C@H](C)/C(Cl)=C/C=C/C=C(C)/C=C/C=C/C(=O)O[C@@H]1C[C@@H](C(=O)O)CC[C@@H]1O. The van der Waals surface area contributed by atoms with Crippen LogP contribution in [0.1, 0.15) is 59.3 Å². The molecule has 0 heterocycles. The molecule has 8 atom stereocenters. The maximum absolute atomic E-state index is 12.5. The lowest BCUT2D eigenvalue weighted by Crippen LogP contribution is -2.39. The van der Waals surface area contributed by atoms with Gasteiger partial charge in [0.2, 0.25) is 0 Å². The van der Waals surface area contributed by atoms with Gasteiger partial charge in [-0.3, -0.25) is 9.59 Å². The van der Waals surface area contributed by atoms with Crippen molar-refractivity contribution in [2.45, 2.75) is 95.2 Å². The molecule has 1 saturated carbocycles. The lowest BCUT2D eigenvalue weighted by Gasteiger charge is -2.30. The summed E-state index contributed by atoms with van der Waals surface area (Å²) in [6.45, 7) is 5.33. The van der Waals surface area contributed by atoms with Crippen molar-refractivity contribution in [3.05, 3.63) is 71.4 Å². The number of nitrogens with two attached hydrogens (primary N) is 1. The molecule has 1 rings (SSSR count). The van der Waals surface area contributed by atoms with E-state index in [9.17, 15) is 34.5 Å². The first kappa shape index (κ1) is 40.8. The van der Waals surface area contributed by atoms with Crippen LogP contribution in [0, 0.1) is 11.8 Å². The number of ketones is 1. The second-order valence-electron chi connectivity index (χ2n) is 11.0. The molecule has 0 radical (unpaired) electrons. The maximum Gasteiger partial charge on any atom is 0.405 e. The van der Waals surface area contributed by atoms with Crippen LogP contribution in [0.5, 0.6) is 0 Å². The molecule has 256 valence electrons. The molecular weight excluding hydrogens is 641 g/mol. The largest absolute Gasteiger partial charge is 0.481 e. The van der Waals surface area contributed by atoms with E-state index in [1.807, 2.05) is 13.8 Å². The molecule has 1 fully saturated rings. The predicted molar refractivity (Wildman–Crippen MR) is 175 cm³/mol. The van der Waals surface area contributed by atoms with Gasteiger partial charge in [-0.1, -0.05) is 73.6 Å². The Labute approximate surface area is 279 Å². The summed E-state index contributed by atoms with van der Waals surface area (Å²) in [7, 11) is 0. The number of aliphatic hydroxyl groups is 3. The molecule has 1 amide bonds. The van der Waals surface area contributed by atoms with Crippen molar-refractivity contribution >= 4 is 47.0 Å². The smallest absolute Gasteiger partial charge is 0.405 e. The number of aliphatic hydroxyl groups excluding tert-OH is 3. The summed E-state index contributed by atoms with van der Waals surface area (Å²) in [5.74, 6) is -3.34. The Hall–Kier alpha value is -3.22. The first-order chi connectivity index (χ1) is 21.7. The van der Waals surface area contributed by atoms with E-state index in [1.165, 1.54) is 18.2 Å². The van der Waals surface area contributed by atoms with Crippen molar-refractivity contribution in [1.82, 2.24) is 0 Å². The number of halogens is 2. The number of Topliss-reactive ketones (excluding diaryl/α,β-unsaturated/α-hetero) is 1. The molecule has 0 aromatic rings. The van der Waals surface area contributed by atoms with E-state index in [4.69, 9.17) is 43.5 Å². The van der Waals surface area contributed by atoms with Gasteiger partial charge in [0.05, 0.1) is 24.2 Å². The molecule has 13 heteroatoms. The Bertz CT molecular complexity index is 1210. The van der Waals surface area contributed by atoms with Crippen LogP contribution in [0.25, 0.3) is 0 Å². The highest BCUT2D eigenvalue weighted by Gasteiger charge is 2.35. The molecule has 0 unspecified atom stereocenters. The molecule has 1 aliphatic rings. The van der Waals surface area contributed by atoms with Crippen LogP contribution in [0.4, 0.5) is 4.79 Å². The van der Waals surface area contributed by atoms with E-state index in [-0.39, 0.29) is 25.7 Å². The summed E-state index contributed by atoms with van der Waals surface area (Å²) in [6.07, 6.45) is 10.2. The highest BCUT2D eigenvalue weighted by Crippen LogP contribution is 2.27. The van der Waals surface area contributed by atoms with Crippen LogP contribution >= 0.6 is 23.2 Å². The lowest BCUT2D eigenvalue weighted by molar-refractivity contribution is -0.159. The summed E-state index contributed by atoms with van der Waals surface area (Å²) in [5, 5.41) is 39.2. The number of hydrogen-bond acceptors (Lipinski definition) is 9. The number of aliphatic carboxylic acids is 1. The third-order valence-corrected chi connectivity index (χ3v) is 8.19. The minimum atomic E-state index is -1.35. The summed E-state index contributed by atoms with van der Waals surface area (Å²) in [5.41, 5.74) is 5.89. The standard InChI is InChI=1S/C33H45Cl2NO10/c1-4-5-13-28(46-33(36)44)31(35)27(40)19-23(37)18-26(39)21(3)24(34)12-8-6-10-20(2)11-7-9-14-30(41)45-29-17-22(32(42)43)15-16-25(29)38/h5-14,21-22,25-29,31,38-40H,4,15-19H2,1-3H3,(H2,36,44)(H,42,43)/b8-6+,11-7+,13-5+,14-9+,20-10+,24-12-/t21-,22+,25+,26+,27-,28-,29-,31+/m1/s1. The van der Waals surface area contributed by atoms with Crippen LogP contribution < -0.4 is 5.73 Å². The summed E-state index contributed by atoms with van der Waals surface area (Å²) >= 11 is 12.5. The van der Waals surface area contributed by atoms with Gasteiger partial charge in [-0.2, -0.15) is 0 Å². The van der Waals surface area contributed by atoms with E-state index in [2.05, 4.69) is 0 Å². The van der Waals surface area contributed by atoms with Gasteiger partial charge in [-0.15, -0.1) is 11.6 Å². The van der Waals surface area contributed by atoms with Crippen LogP contribution in [0.3, 0.4) is 0 Å². The third kappa shape index (κ3) is 15.9. The first-order valence-corrected chi connectivity index (χ1v) is 15.8. The van der Waals surface area contributed by atoms with Crippen molar-refractivity contribution in [2.24, 2.45) is 17.6 Å². The van der Waals surface area contributed by atoms with Gasteiger partial charge in [0.25, 0.3) is 0 Å². The number of carboxylic acids is 1. The first-order valence-electron chi connectivity index (χ1n) is 15.0. The average Bonchev–Trinajstić information content (AvgIpc) is 2.99. The van der Waals surface area contributed by atoms with E-state index in [0.29, 0.717) is 17.9 Å². The van der Waals surface area contributed by atoms with Crippen molar-refractivity contribution in [3.8, 4) is 0 Å². The fourth-order valence-corrected chi connectivity index (χ4v) is 4.86. The van der Waals surface area contributed by atoms with Gasteiger partial charge in [0.15, 0.2) is 0 Å². The summed E-state index contributed by atoms with van der Waals surface area (Å²) in [6, 6.07) is 0. The average molecular weight is 687 g/mol. The fraction of sp³-hybridized carbons (Fsp3) is 0.515. The Morgan fingerprint density at radius 2 is 1.63 bits per heavy atom. The minimum absolute atomic E-state index is 0.0717. The number of allylic oxidation sites excluding steroid dienone is 9. The Kier molecular flexibility index (Phi) is 19.1. The molecule has 6 N–H and O–H groups in total. The monoisotopic (exact) mass is 685 g/mol. The van der Waals surface area contributed by atoms with Gasteiger partial charge in [0, 0.05) is 36.3 Å². The second kappa shape index (κ2) is 21.6. The number of rotatable bonds is 18. The number of hydrogen-bond donors (Lipinski definition) is 5. The molecular formula is C33H45Cl2NO10. The van der Waals surface area contributed by atoms with Crippen molar-refractivity contribution in [2.75, 3.05) is 0 Å². The zero-order chi connectivity index (χ0) is 34.8. The van der Waals surface area contributed by atoms with Crippen LogP contribution in [-0.4, -0.2) is 80.1 Å². The second-order valence-corrected chi connectivity index (χ2v) is 11.9. The number of carbonyl (C=O) groups excluding carboxylic acids is 3. The predicted octanol–water partition coefficient (Wildman–Crippen LogP) is 4.63. The quantitative estimate of drug-likeness (QED) is 0.0446. The summed E-state index contributed by atoms with van der Waals surface area (Å²) in [4.78, 5) is 46.9. The number of esters is 1. The molecule has 1 aliphatic carbocycles. The highest BCUT2D eigenvalue weighted by molar-refractivity contribution is 6.30. The molecule has 0 saturated heterocycles. The Morgan fingerprint density at radius 1 is 1.00 bits per heavy atom. The molecule has 0 aromatic heterocycles. The van der Waals surface area contributed by atoms with E-state index >= 15 is 0 Å².